The van der Waals surface area contributed by atoms with Crippen LogP contribution in [0.25, 0.3) is 0 Å². The number of hydrogen-bond donors (Lipinski definition) is 2. The fourth-order valence-electron chi connectivity index (χ4n) is 2.32. The Bertz CT molecular complexity index is 848. The van der Waals surface area contributed by atoms with E-state index in [0.29, 0.717) is 17.2 Å². The molecule has 3 aromatic rings. The molecule has 0 bridgehead atoms. The normalized spacial score (nSPS) is 10.3. The number of halogens is 1. The predicted octanol–water partition coefficient (Wildman–Crippen LogP) is 5.33. The zero-order valence-electron chi connectivity index (χ0n) is 13.6. The largest absolute Gasteiger partial charge is 0.495 e. The van der Waals surface area contributed by atoms with Gasteiger partial charge in [-0.25, -0.2) is 0 Å². The number of hydrogen-bond acceptors (Lipinski definition) is 4. The number of thiophene rings is 1. The zero-order valence-corrected chi connectivity index (χ0v) is 15.2. The van der Waals surface area contributed by atoms with Gasteiger partial charge in [0, 0.05) is 21.9 Å². The zero-order chi connectivity index (χ0) is 17.6. The molecule has 1 amide bonds. The first-order chi connectivity index (χ1) is 12.1. The minimum Gasteiger partial charge on any atom is -0.495 e. The highest BCUT2D eigenvalue weighted by Gasteiger charge is 2.06. The highest BCUT2D eigenvalue weighted by molar-refractivity contribution is 7.10. The number of rotatable bonds is 6. The molecule has 6 heteroatoms. The first-order valence-electron chi connectivity index (χ1n) is 7.67. The highest BCUT2D eigenvalue weighted by atomic mass is 35.5. The van der Waals surface area contributed by atoms with E-state index < -0.39 is 0 Å². The van der Waals surface area contributed by atoms with Gasteiger partial charge < -0.3 is 15.4 Å². The van der Waals surface area contributed by atoms with Gasteiger partial charge >= 0.3 is 0 Å². The topological polar surface area (TPSA) is 50.4 Å². The summed E-state index contributed by atoms with van der Waals surface area (Å²) in [4.78, 5) is 13.1. The molecule has 0 radical (unpaired) electrons. The third-order valence-corrected chi connectivity index (χ3v) is 4.70. The molecule has 0 aliphatic rings. The maximum atomic E-state index is 12.0. The molecule has 0 spiro atoms. The fraction of sp³-hybridized carbons (Fsp3) is 0.105. The lowest BCUT2D eigenvalue weighted by atomic mass is 10.2. The van der Waals surface area contributed by atoms with E-state index in [2.05, 4.69) is 10.6 Å². The molecule has 3 rings (SSSR count). The third-order valence-electron chi connectivity index (χ3n) is 3.52. The highest BCUT2D eigenvalue weighted by Crippen LogP contribution is 2.29. The summed E-state index contributed by atoms with van der Waals surface area (Å²) in [5.41, 5.74) is 2.53. The van der Waals surface area contributed by atoms with Crippen LogP contribution in [-0.2, 0) is 11.2 Å². The van der Waals surface area contributed by atoms with Crippen molar-refractivity contribution in [2.45, 2.75) is 6.42 Å². The average Bonchev–Trinajstić information content (AvgIpc) is 3.10. The van der Waals surface area contributed by atoms with Crippen LogP contribution < -0.4 is 15.4 Å². The Kier molecular flexibility index (Phi) is 5.58. The van der Waals surface area contributed by atoms with E-state index in [4.69, 9.17) is 16.3 Å². The molecule has 1 aromatic heterocycles. The quantitative estimate of drug-likeness (QED) is 0.614. The Morgan fingerprint density at radius 1 is 1.08 bits per heavy atom. The Morgan fingerprint density at radius 2 is 1.80 bits per heavy atom. The summed E-state index contributed by atoms with van der Waals surface area (Å²) in [5.74, 6) is 0.612. The molecule has 0 unspecified atom stereocenters. The SMILES string of the molecule is COc1ccc(Nc2ccc(NC(=O)Cc3cccs3)cc2)cc1Cl. The molecule has 0 atom stereocenters. The summed E-state index contributed by atoms with van der Waals surface area (Å²) in [6, 6.07) is 16.9. The molecule has 0 aliphatic heterocycles. The van der Waals surface area contributed by atoms with Gasteiger partial charge in [0.15, 0.2) is 0 Å². The molecule has 0 saturated heterocycles. The summed E-state index contributed by atoms with van der Waals surface area (Å²) in [6.07, 6.45) is 0.391. The van der Waals surface area contributed by atoms with E-state index >= 15 is 0 Å². The van der Waals surface area contributed by atoms with Gasteiger partial charge in [-0.2, -0.15) is 0 Å². The van der Waals surface area contributed by atoms with E-state index in [1.54, 1.807) is 24.5 Å². The molecule has 1 heterocycles. The Labute approximate surface area is 155 Å². The Hall–Kier alpha value is -2.50. The number of carbonyl (C=O) groups is 1. The van der Waals surface area contributed by atoms with Gasteiger partial charge in [0.2, 0.25) is 5.91 Å². The fourth-order valence-corrected chi connectivity index (χ4v) is 3.29. The Morgan fingerprint density at radius 3 is 2.44 bits per heavy atom. The monoisotopic (exact) mass is 372 g/mol. The van der Waals surface area contributed by atoms with E-state index in [9.17, 15) is 4.79 Å². The predicted molar refractivity (Wildman–Crippen MR) is 104 cm³/mol. The van der Waals surface area contributed by atoms with Crippen molar-refractivity contribution in [1.29, 1.82) is 0 Å². The van der Waals surface area contributed by atoms with Crippen molar-refractivity contribution >= 4 is 45.9 Å². The molecule has 4 nitrogen and oxygen atoms in total. The lowest BCUT2D eigenvalue weighted by molar-refractivity contribution is -0.115. The van der Waals surface area contributed by atoms with E-state index in [-0.39, 0.29) is 5.91 Å². The molecular formula is C19H17ClN2O2S. The summed E-state index contributed by atoms with van der Waals surface area (Å²) in [5, 5.41) is 8.67. The minimum atomic E-state index is -0.0231. The second-order valence-electron chi connectivity index (χ2n) is 5.36. The Balaban J connectivity index is 1.60. The van der Waals surface area contributed by atoms with Crippen molar-refractivity contribution in [1.82, 2.24) is 0 Å². The number of nitrogens with one attached hydrogen (secondary N) is 2. The van der Waals surface area contributed by atoms with Crippen molar-refractivity contribution in [3.05, 3.63) is 69.9 Å². The van der Waals surface area contributed by atoms with E-state index in [1.807, 2.05) is 53.9 Å². The second-order valence-corrected chi connectivity index (χ2v) is 6.80. The van der Waals surface area contributed by atoms with Gasteiger partial charge in [-0.3, -0.25) is 4.79 Å². The van der Waals surface area contributed by atoms with Crippen LogP contribution in [0.5, 0.6) is 5.75 Å². The van der Waals surface area contributed by atoms with Gasteiger partial charge in [0.1, 0.15) is 5.75 Å². The number of amides is 1. The first kappa shape index (κ1) is 17.3. The minimum absolute atomic E-state index is 0.0231. The van der Waals surface area contributed by atoms with Crippen LogP contribution in [0.3, 0.4) is 0 Å². The van der Waals surface area contributed by atoms with Gasteiger partial charge in [0.25, 0.3) is 0 Å². The molecule has 25 heavy (non-hydrogen) atoms. The lowest BCUT2D eigenvalue weighted by Crippen LogP contribution is -2.13. The summed E-state index contributed by atoms with van der Waals surface area (Å²) in [7, 11) is 1.58. The van der Waals surface area contributed by atoms with Crippen molar-refractivity contribution in [2.75, 3.05) is 17.7 Å². The number of benzene rings is 2. The maximum absolute atomic E-state index is 12.0. The van der Waals surface area contributed by atoms with Crippen LogP contribution in [0.4, 0.5) is 17.1 Å². The second kappa shape index (κ2) is 8.05. The number of carbonyl (C=O) groups excluding carboxylic acids is 1. The van der Waals surface area contributed by atoms with E-state index in [0.717, 1.165) is 21.9 Å². The smallest absolute Gasteiger partial charge is 0.229 e. The first-order valence-corrected chi connectivity index (χ1v) is 8.92. The van der Waals surface area contributed by atoms with Crippen LogP contribution in [0.2, 0.25) is 5.02 Å². The molecule has 0 aliphatic carbocycles. The summed E-state index contributed by atoms with van der Waals surface area (Å²) < 4.78 is 5.14. The van der Waals surface area contributed by atoms with Crippen LogP contribution in [0.15, 0.2) is 60.0 Å². The van der Waals surface area contributed by atoms with E-state index in [1.165, 1.54) is 0 Å². The average molecular weight is 373 g/mol. The molecule has 0 saturated carbocycles. The molecule has 2 N–H and O–H groups in total. The molecule has 128 valence electrons. The van der Waals surface area contributed by atoms with Crippen molar-refractivity contribution < 1.29 is 9.53 Å². The van der Waals surface area contributed by atoms with Crippen LogP contribution in [-0.4, -0.2) is 13.0 Å². The van der Waals surface area contributed by atoms with Crippen LogP contribution in [0.1, 0.15) is 4.88 Å². The van der Waals surface area contributed by atoms with Gasteiger partial charge in [-0.05, 0) is 53.9 Å². The summed E-state index contributed by atoms with van der Waals surface area (Å²) in [6.45, 7) is 0. The van der Waals surface area contributed by atoms with Crippen molar-refractivity contribution in [2.24, 2.45) is 0 Å². The molecule has 2 aromatic carbocycles. The summed E-state index contributed by atoms with van der Waals surface area (Å²) >= 11 is 7.70. The van der Waals surface area contributed by atoms with Crippen LogP contribution >= 0.6 is 22.9 Å². The molecule has 0 fully saturated rings. The van der Waals surface area contributed by atoms with Crippen LogP contribution in [0, 0.1) is 0 Å². The number of ether oxygens (including phenoxy) is 1. The van der Waals surface area contributed by atoms with Gasteiger partial charge in [-0.15, -0.1) is 11.3 Å². The standard InChI is InChI=1S/C19H17ClN2O2S/c1-24-18-9-8-15(11-17(18)20)21-13-4-6-14(7-5-13)22-19(23)12-16-3-2-10-25-16/h2-11,21H,12H2,1H3,(H,22,23). The van der Waals surface area contributed by atoms with Gasteiger partial charge in [-0.1, -0.05) is 17.7 Å². The third kappa shape index (κ3) is 4.75. The van der Waals surface area contributed by atoms with Crippen molar-refractivity contribution in [3.8, 4) is 5.75 Å². The number of anilines is 3. The number of methoxy groups -OCH3 is 1. The van der Waals surface area contributed by atoms with Crippen molar-refractivity contribution in [3.63, 3.8) is 0 Å². The van der Waals surface area contributed by atoms with Gasteiger partial charge in [0.05, 0.1) is 18.6 Å². The lowest BCUT2D eigenvalue weighted by Gasteiger charge is -2.10. The molecular weight excluding hydrogens is 356 g/mol. The maximum Gasteiger partial charge on any atom is 0.229 e.